The van der Waals surface area contributed by atoms with Gasteiger partial charge in [0.1, 0.15) is 13.2 Å². The Hall–Kier alpha value is -4.71. The normalized spacial score (nSPS) is 13.3. The van der Waals surface area contributed by atoms with Crippen LogP contribution < -0.4 is 0 Å². The van der Waals surface area contributed by atoms with Crippen molar-refractivity contribution in [2.45, 2.75) is 194 Å². The van der Waals surface area contributed by atoms with Crippen LogP contribution >= 0.6 is 0 Å². The molecule has 0 radical (unpaired) electrons. The second kappa shape index (κ2) is 51.9. The van der Waals surface area contributed by atoms with E-state index in [4.69, 9.17) is 14.2 Å². The summed E-state index contributed by atoms with van der Waals surface area (Å²) in [5.74, 6) is -1.07. The van der Waals surface area contributed by atoms with E-state index in [9.17, 15) is 14.4 Å². The molecule has 0 aromatic carbocycles. The number of hydrogen-bond acceptors (Lipinski definition) is 6. The maximum atomic E-state index is 12.8. The van der Waals surface area contributed by atoms with E-state index in [1.807, 2.05) is 91.1 Å². The third-order valence-corrected chi connectivity index (χ3v) is 10.1. The van der Waals surface area contributed by atoms with Crippen molar-refractivity contribution >= 4 is 17.9 Å². The molecule has 362 valence electrons. The van der Waals surface area contributed by atoms with Crippen LogP contribution in [0.1, 0.15) is 188 Å². The maximum Gasteiger partial charge on any atom is 0.306 e. The summed E-state index contributed by atoms with van der Waals surface area (Å²) in [5.41, 5.74) is 0. The minimum Gasteiger partial charge on any atom is -0.462 e. The summed E-state index contributed by atoms with van der Waals surface area (Å²) in [4.78, 5) is 37.9. The van der Waals surface area contributed by atoms with Gasteiger partial charge < -0.3 is 14.2 Å². The first kappa shape index (κ1) is 60.3. The first-order valence-corrected chi connectivity index (χ1v) is 25.5. The van der Waals surface area contributed by atoms with Crippen molar-refractivity contribution < 1.29 is 28.6 Å². The number of hydrogen-bond donors (Lipinski definition) is 0. The largest absolute Gasteiger partial charge is 0.462 e. The van der Waals surface area contributed by atoms with Crippen LogP contribution in [0.2, 0.25) is 0 Å². The van der Waals surface area contributed by atoms with Crippen LogP contribution in [0.25, 0.3) is 0 Å². The molecular weight excluding hydrogens is 805 g/mol. The summed E-state index contributed by atoms with van der Waals surface area (Å²) < 4.78 is 16.7. The van der Waals surface area contributed by atoms with Gasteiger partial charge in [0, 0.05) is 19.3 Å². The lowest BCUT2D eigenvalue weighted by Gasteiger charge is -2.18. The number of unbranched alkanes of at least 4 members (excludes halogenated alkanes) is 17. The molecule has 0 bridgehead atoms. The minimum absolute atomic E-state index is 0.131. The molecule has 1 atom stereocenters. The van der Waals surface area contributed by atoms with Gasteiger partial charge in [-0.15, -0.1) is 0 Å². The Morgan fingerprint density at radius 1 is 0.323 bits per heavy atom. The molecule has 0 aromatic heterocycles. The molecular formula is C59H90O6. The van der Waals surface area contributed by atoms with Gasteiger partial charge in [-0.25, -0.2) is 0 Å². The molecule has 0 aromatic rings. The van der Waals surface area contributed by atoms with Gasteiger partial charge in [0.2, 0.25) is 0 Å². The third-order valence-electron chi connectivity index (χ3n) is 10.1. The molecule has 0 aliphatic rings. The first-order valence-electron chi connectivity index (χ1n) is 25.5. The van der Waals surface area contributed by atoms with Crippen LogP contribution in [-0.2, 0) is 28.6 Å². The molecule has 0 saturated carbocycles. The van der Waals surface area contributed by atoms with Gasteiger partial charge in [-0.1, -0.05) is 237 Å². The van der Waals surface area contributed by atoms with Crippen molar-refractivity contribution in [2.75, 3.05) is 13.2 Å². The Morgan fingerprint density at radius 3 is 1.09 bits per heavy atom. The first-order chi connectivity index (χ1) is 32.0. The fraction of sp³-hybridized carbons (Fsp3) is 0.542. The molecule has 65 heavy (non-hydrogen) atoms. The number of esters is 3. The fourth-order valence-electron chi connectivity index (χ4n) is 6.26. The topological polar surface area (TPSA) is 78.9 Å². The SMILES string of the molecule is CC\C=C/C=C\C=C/C=C\C=C/CCCC(=O)OCC(COC(=O)CCCCCCC\C=C/C=C\C=C/C=C\C=C/CCC)OC(=O)CCCCC/C=C\C=C/CCCCCCCCC. The minimum atomic E-state index is -0.838. The van der Waals surface area contributed by atoms with Crippen LogP contribution in [0, 0.1) is 0 Å². The zero-order valence-corrected chi connectivity index (χ0v) is 41.2. The summed E-state index contributed by atoms with van der Waals surface area (Å²) in [6, 6.07) is 0. The number of ether oxygens (including phenoxy) is 3. The zero-order valence-electron chi connectivity index (χ0n) is 41.2. The van der Waals surface area contributed by atoms with Crippen molar-refractivity contribution in [3.8, 4) is 0 Å². The highest BCUT2D eigenvalue weighted by Gasteiger charge is 2.19. The summed E-state index contributed by atoms with van der Waals surface area (Å²) in [6.45, 7) is 6.26. The van der Waals surface area contributed by atoms with Crippen molar-refractivity contribution in [3.05, 3.63) is 146 Å². The second-order valence-electron chi connectivity index (χ2n) is 16.3. The van der Waals surface area contributed by atoms with Crippen LogP contribution in [0.3, 0.4) is 0 Å². The van der Waals surface area contributed by atoms with E-state index in [1.54, 1.807) is 0 Å². The average Bonchev–Trinajstić information content (AvgIpc) is 3.30. The summed E-state index contributed by atoms with van der Waals surface area (Å²) in [7, 11) is 0. The fourth-order valence-corrected chi connectivity index (χ4v) is 6.26. The van der Waals surface area contributed by atoms with Crippen LogP contribution in [0.4, 0.5) is 0 Å². The van der Waals surface area contributed by atoms with E-state index in [-0.39, 0.29) is 44.0 Å². The molecule has 0 rings (SSSR count). The van der Waals surface area contributed by atoms with E-state index in [0.717, 1.165) is 83.5 Å². The van der Waals surface area contributed by atoms with Gasteiger partial charge in [0.25, 0.3) is 0 Å². The lowest BCUT2D eigenvalue weighted by molar-refractivity contribution is -0.167. The molecule has 1 unspecified atom stereocenters. The molecule has 6 nitrogen and oxygen atoms in total. The second-order valence-corrected chi connectivity index (χ2v) is 16.3. The smallest absolute Gasteiger partial charge is 0.306 e. The number of carbonyl (C=O) groups is 3. The predicted molar refractivity (Wildman–Crippen MR) is 279 cm³/mol. The highest BCUT2D eigenvalue weighted by molar-refractivity contribution is 5.71. The van der Waals surface area contributed by atoms with Gasteiger partial charge in [0.05, 0.1) is 0 Å². The standard InChI is InChI=1S/C59H90O6/c1-4-7-10-13-16-19-22-25-27-29-30-32-34-37-40-43-46-49-52-58(61)64-55-56(54-63-57(60)51-48-45-42-39-36-33-24-21-18-15-12-9-6-3)65-59(62)53-50-47-44-41-38-35-31-28-26-23-20-17-14-11-8-5-2/h9-10,12-13,15-16,18-19,21-22,24-25,27-33,35-36,38-39,42,56H,4-8,11,14,17,20,23,26,34,37,40-41,43-55H2,1-3H3/b12-9-,13-10-,18-15-,19-16-,24-21-,25-22-,29-27-,31-28-,32-30-,36-33-,38-35-,42-39-. The Labute approximate surface area is 397 Å². The highest BCUT2D eigenvalue weighted by Crippen LogP contribution is 2.12. The Morgan fingerprint density at radius 2 is 0.646 bits per heavy atom. The summed E-state index contributed by atoms with van der Waals surface area (Å²) in [6.07, 6.45) is 74.0. The van der Waals surface area contributed by atoms with Gasteiger partial charge in [-0.05, 0) is 77.0 Å². The van der Waals surface area contributed by atoms with Crippen LogP contribution in [0.15, 0.2) is 146 Å². The van der Waals surface area contributed by atoms with Gasteiger partial charge >= 0.3 is 17.9 Å². The van der Waals surface area contributed by atoms with E-state index < -0.39 is 6.10 Å². The molecule has 0 spiro atoms. The molecule has 0 heterocycles. The van der Waals surface area contributed by atoms with Gasteiger partial charge in [-0.3, -0.25) is 14.4 Å². The molecule has 0 amide bonds. The van der Waals surface area contributed by atoms with E-state index >= 15 is 0 Å². The predicted octanol–water partition coefficient (Wildman–Crippen LogP) is 16.9. The summed E-state index contributed by atoms with van der Waals surface area (Å²) in [5, 5.41) is 0. The quantitative estimate of drug-likeness (QED) is 0.0263. The van der Waals surface area contributed by atoms with Crippen molar-refractivity contribution in [1.82, 2.24) is 0 Å². The molecule has 0 aliphatic carbocycles. The third kappa shape index (κ3) is 50.2. The van der Waals surface area contributed by atoms with E-state index in [2.05, 4.69) is 75.5 Å². The van der Waals surface area contributed by atoms with Crippen LogP contribution in [-0.4, -0.2) is 37.2 Å². The van der Waals surface area contributed by atoms with Crippen molar-refractivity contribution in [1.29, 1.82) is 0 Å². The lowest BCUT2D eigenvalue weighted by Crippen LogP contribution is -2.30. The molecule has 6 heteroatoms. The maximum absolute atomic E-state index is 12.8. The van der Waals surface area contributed by atoms with Crippen molar-refractivity contribution in [3.63, 3.8) is 0 Å². The average molecular weight is 895 g/mol. The summed E-state index contributed by atoms with van der Waals surface area (Å²) >= 11 is 0. The van der Waals surface area contributed by atoms with E-state index in [1.165, 1.54) is 51.4 Å². The Kier molecular flexibility index (Phi) is 48.2. The highest BCUT2D eigenvalue weighted by atomic mass is 16.6. The zero-order chi connectivity index (χ0) is 47.2. The van der Waals surface area contributed by atoms with E-state index in [0.29, 0.717) is 19.3 Å². The number of carbonyl (C=O) groups excluding carboxylic acids is 3. The number of rotatable bonds is 43. The number of allylic oxidation sites excluding steroid dienone is 24. The lowest BCUT2D eigenvalue weighted by atomic mass is 10.1. The molecule has 0 fully saturated rings. The molecule has 0 N–H and O–H groups in total. The van der Waals surface area contributed by atoms with Crippen LogP contribution in [0.5, 0.6) is 0 Å². The molecule has 0 aliphatic heterocycles. The van der Waals surface area contributed by atoms with Crippen molar-refractivity contribution in [2.24, 2.45) is 0 Å². The monoisotopic (exact) mass is 895 g/mol. The Bertz CT molecular complexity index is 1490. The molecule has 0 saturated heterocycles. The Balaban J connectivity index is 4.61. The van der Waals surface area contributed by atoms with Gasteiger partial charge in [-0.2, -0.15) is 0 Å². The van der Waals surface area contributed by atoms with Gasteiger partial charge in [0.15, 0.2) is 6.10 Å².